The lowest BCUT2D eigenvalue weighted by Crippen LogP contribution is -2.42. The van der Waals surface area contributed by atoms with Gasteiger partial charge in [0, 0.05) is 5.56 Å². The fourth-order valence-corrected chi connectivity index (χ4v) is 1.43. The normalized spacial score (nSPS) is 10.6. The molecule has 1 aromatic carbocycles. The summed E-state index contributed by atoms with van der Waals surface area (Å²) in [5, 5.41) is 11.5. The largest absolute Gasteiger partial charge is 0.334 e. The lowest BCUT2D eigenvalue weighted by molar-refractivity contribution is 0.0928. The first kappa shape index (κ1) is 12.3. The van der Waals surface area contributed by atoms with E-state index < -0.39 is 5.54 Å². The van der Waals surface area contributed by atoms with E-state index in [0.717, 1.165) is 12.0 Å². The number of nitrogens with zero attached hydrogens (tertiary/aromatic N) is 1. The first-order valence-electron chi connectivity index (χ1n) is 5.32. The molecule has 3 nitrogen and oxygen atoms in total. The summed E-state index contributed by atoms with van der Waals surface area (Å²) in [5.74, 6) is -0.191. The Labute approximate surface area is 96.1 Å². The molecule has 0 radical (unpaired) electrons. The quantitative estimate of drug-likeness (QED) is 0.842. The van der Waals surface area contributed by atoms with Crippen molar-refractivity contribution >= 4 is 5.91 Å². The molecular weight excluding hydrogens is 200 g/mol. The smallest absolute Gasteiger partial charge is 0.252 e. The molecule has 0 spiro atoms. The molecule has 0 aliphatic rings. The molecule has 0 unspecified atom stereocenters. The van der Waals surface area contributed by atoms with Gasteiger partial charge in [0.15, 0.2) is 0 Å². The van der Waals surface area contributed by atoms with Gasteiger partial charge in [-0.1, -0.05) is 25.1 Å². The highest BCUT2D eigenvalue weighted by atomic mass is 16.1. The molecular formula is C13H16N2O. The van der Waals surface area contributed by atoms with Gasteiger partial charge in [0.25, 0.3) is 5.91 Å². The molecule has 3 heteroatoms. The molecule has 0 aliphatic heterocycles. The summed E-state index contributed by atoms with van der Waals surface area (Å²) in [6.07, 6.45) is 0.802. The standard InChI is InChI=1S/C13H16N2O/c1-4-10-7-5-6-8-11(10)12(16)15-13(2,3)9-14/h5-8H,4H2,1-3H3,(H,15,16). The summed E-state index contributed by atoms with van der Waals surface area (Å²) in [7, 11) is 0. The summed E-state index contributed by atoms with van der Waals surface area (Å²) in [6.45, 7) is 5.36. The number of hydrogen-bond acceptors (Lipinski definition) is 2. The number of nitriles is 1. The highest BCUT2D eigenvalue weighted by Crippen LogP contribution is 2.11. The molecule has 1 aromatic rings. The SMILES string of the molecule is CCc1ccccc1C(=O)NC(C)(C)C#N. The second-order valence-corrected chi connectivity index (χ2v) is 4.20. The third-order valence-corrected chi connectivity index (χ3v) is 2.35. The summed E-state index contributed by atoms with van der Waals surface area (Å²) >= 11 is 0. The van der Waals surface area contributed by atoms with Crippen LogP contribution in [-0.4, -0.2) is 11.4 Å². The van der Waals surface area contributed by atoms with E-state index in [9.17, 15) is 4.79 Å². The molecule has 0 bridgehead atoms. The number of nitrogens with one attached hydrogen (secondary N) is 1. The fraction of sp³-hybridized carbons (Fsp3) is 0.385. The summed E-state index contributed by atoms with van der Waals surface area (Å²) < 4.78 is 0. The van der Waals surface area contributed by atoms with Crippen LogP contribution in [0.4, 0.5) is 0 Å². The second kappa shape index (κ2) is 4.80. The summed E-state index contributed by atoms with van der Waals surface area (Å²) in [6, 6.07) is 9.49. The Balaban J connectivity index is 2.94. The monoisotopic (exact) mass is 216 g/mol. The first-order chi connectivity index (χ1) is 7.50. The van der Waals surface area contributed by atoms with Crippen molar-refractivity contribution in [2.45, 2.75) is 32.7 Å². The van der Waals surface area contributed by atoms with Crippen molar-refractivity contribution in [3.63, 3.8) is 0 Å². The number of aryl methyl sites for hydroxylation is 1. The van der Waals surface area contributed by atoms with Crippen LogP contribution in [0.5, 0.6) is 0 Å². The van der Waals surface area contributed by atoms with Gasteiger partial charge in [-0.15, -0.1) is 0 Å². The van der Waals surface area contributed by atoms with E-state index in [1.165, 1.54) is 0 Å². The zero-order valence-corrected chi connectivity index (χ0v) is 9.87. The van der Waals surface area contributed by atoms with Crippen LogP contribution < -0.4 is 5.32 Å². The van der Waals surface area contributed by atoms with Crippen LogP contribution in [0.15, 0.2) is 24.3 Å². The van der Waals surface area contributed by atoms with Crippen LogP contribution in [-0.2, 0) is 6.42 Å². The summed E-state index contributed by atoms with van der Waals surface area (Å²) in [4.78, 5) is 11.9. The van der Waals surface area contributed by atoms with Crippen LogP contribution in [0.1, 0.15) is 36.7 Å². The van der Waals surface area contributed by atoms with Crippen molar-refractivity contribution in [3.05, 3.63) is 35.4 Å². The molecule has 84 valence electrons. The highest BCUT2D eigenvalue weighted by Gasteiger charge is 2.21. The van der Waals surface area contributed by atoms with Gasteiger partial charge in [0.05, 0.1) is 6.07 Å². The van der Waals surface area contributed by atoms with Gasteiger partial charge < -0.3 is 5.32 Å². The highest BCUT2D eigenvalue weighted by molar-refractivity contribution is 5.96. The summed E-state index contributed by atoms with van der Waals surface area (Å²) in [5.41, 5.74) is 0.805. The van der Waals surface area contributed by atoms with Gasteiger partial charge in [-0.25, -0.2) is 0 Å². The molecule has 0 saturated carbocycles. The van der Waals surface area contributed by atoms with E-state index in [4.69, 9.17) is 5.26 Å². The van der Waals surface area contributed by atoms with Crippen LogP contribution in [0.2, 0.25) is 0 Å². The Morgan fingerprint density at radius 3 is 2.62 bits per heavy atom. The molecule has 0 aromatic heterocycles. The van der Waals surface area contributed by atoms with Crippen LogP contribution >= 0.6 is 0 Å². The minimum Gasteiger partial charge on any atom is -0.334 e. The fourth-order valence-electron chi connectivity index (χ4n) is 1.43. The van der Waals surface area contributed by atoms with Crippen molar-refractivity contribution in [1.82, 2.24) is 5.32 Å². The number of carbonyl (C=O) groups excluding carboxylic acids is 1. The van der Waals surface area contributed by atoms with Gasteiger partial charge in [0.1, 0.15) is 5.54 Å². The maximum absolute atomic E-state index is 11.9. The van der Waals surface area contributed by atoms with Crippen molar-refractivity contribution in [1.29, 1.82) is 5.26 Å². The zero-order chi connectivity index (χ0) is 12.2. The Bertz CT molecular complexity index is 430. The lowest BCUT2D eigenvalue weighted by atomic mass is 10.0. The second-order valence-electron chi connectivity index (χ2n) is 4.20. The van der Waals surface area contributed by atoms with Crippen molar-refractivity contribution < 1.29 is 4.79 Å². The number of carbonyl (C=O) groups is 1. The van der Waals surface area contributed by atoms with E-state index in [2.05, 4.69) is 5.32 Å². The van der Waals surface area contributed by atoms with E-state index in [0.29, 0.717) is 5.56 Å². The van der Waals surface area contributed by atoms with E-state index >= 15 is 0 Å². The lowest BCUT2D eigenvalue weighted by Gasteiger charge is -2.18. The predicted molar refractivity (Wildman–Crippen MR) is 63.0 cm³/mol. The van der Waals surface area contributed by atoms with E-state index in [1.54, 1.807) is 19.9 Å². The van der Waals surface area contributed by atoms with E-state index in [-0.39, 0.29) is 5.91 Å². The van der Waals surface area contributed by atoms with Gasteiger partial charge in [-0.2, -0.15) is 5.26 Å². The van der Waals surface area contributed by atoms with Crippen molar-refractivity contribution in [2.24, 2.45) is 0 Å². The Morgan fingerprint density at radius 1 is 1.44 bits per heavy atom. The Hall–Kier alpha value is -1.82. The maximum Gasteiger partial charge on any atom is 0.252 e. The molecule has 1 N–H and O–H groups in total. The Morgan fingerprint density at radius 2 is 2.06 bits per heavy atom. The predicted octanol–water partition coefficient (Wildman–Crippen LogP) is 2.28. The zero-order valence-electron chi connectivity index (χ0n) is 9.87. The average Bonchev–Trinajstić information content (AvgIpc) is 2.28. The van der Waals surface area contributed by atoms with Gasteiger partial charge in [-0.05, 0) is 31.9 Å². The van der Waals surface area contributed by atoms with E-state index in [1.807, 2.05) is 31.2 Å². The minimum atomic E-state index is -0.835. The topological polar surface area (TPSA) is 52.9 Å². The van der Waals surface area contributed by atoms with Crippen LogP contribution in [0.3, 0.4) is 0 Å². The number of hydrogen-bond donors (Lipinski definition) is 1. The minimum absolute atomic E-state index is 0.191. The van der Waals surface area contributed by atoms with Crippen LogP contribution in [0, 0.1) is 11.3 Å². The van der Waals surface area contributed by atoms with Gasteiger partial charge >= 0.3 is 0 Å². The molecule has 16 heavy (non-hydrogen) atoms. The number of benzene rings is 1. The van der Waals surface area contributed by atoms with Crippen molar-refractivity contribution in [2.75, 3.05) is 0 Å². The van der Waals surface area contributed by atoms with Crippen molar-refractivity contribution in [3.8, 4) is 6.07 Å². The molecule has 1 amide bonds. The number of rotatable bonds is 3. The first-order valence-corrected chi connectivity index (χ1v) is 5.32. The molecule has 0 fully saturated rings. The molecule has 1 rings (SSSR count). The van der Waals surface area contributed by atoms with Gasteiger partial charge in [-0.3, -0.25) is 4.79 Å². The van der Waals surface area contributed by atoms with Crippen LogP contribution in [0.25, 0.3) is 0 Å². The third kappa shape index (κ3) is 2.83. The molecule has 0 heterocycles. The molecule has 0 aliphatic carbocycles. The third-order valence-electron chi connectivity index (χ3n) is 2.35. The molecule has 0 saturated heterocycles. The average molecular weight is 216 g/mol. The maximum atomic E-state index is 11.9. The molecule has 0 atom stereocenters. The van der Waals surface area contributed by atoms with Gasteiger partial charge in [0.2, 0.25) is 0 Å². The number of amides is 1. The Kier molecular flexibility index (Phi) is 3.68.